The molecule has 0 aromatic rings. The van der Waals surface area contributed by atoms with Crippen LogP contribution in [0.4, 0.5) is 0 Å². The molecule has 0 bridgehead atoms. The van der Waals surface area contributed by atoms with E-state index in [1.807, 2.05) is 0 Å². The van der Waals surface area contributed by atoms with Gasteiger partial charge in [-0.2, -0.15) is 5.48 Å². The molecule has 0 spiro atoms. The van der Waals surface area contributed by atoms with Gasteiger partial charge < -0.3 is 15.4 Å². The number of hydrogen-bond donors (Lipinski definition) is 4. The van der Waals surface area contributed by atoms with Crippen molar-refractivity contribution in [3.8, 4) is 0 Å². The maximum atomic E-state index is 9.35. The first-order valence-electron chi connectivity index (χ1n) is 3.12. The molecule has 0 heterocycles. The zero-order valence-corrected chi connectivity index (χ0v) is 6.55. The van der Waals surface area contributed by atoms with Crippen LogP contribution < -0.4 is 5.48 Å². The van der Waals surface area contributed by atoms with Crippen LogP contribution in [-0.2, 0) is 0 Å². The normalized spacial score (nSPS) is 18.6. The highest BCUT2D eigenvalue weighted by atomic mass is 16.5. The molecular weight excluding hydrogens is 134 g/mol. The summed E-state index contributed by atoms with van der Waals surface area (Å²) in [7, 11) is 0. The molecule has 0 saturated carbocycles. The van der Waals surface area contributed by atoms with Gasteiger partial charge in [0, 0.05) is 5.41 Å². The van der Waals surface area contributed by atoms with Crippen molar-refractivity contribution in [1.82, 2.24) is 5.48 Å². The highest BCUT2D eigenvalue weighted by Gasteiger charge is 2.39. The molecule has 0 saturated heterocycles. The molecule has 0 rings (SSSR count). The summed E-state index contributed by atoms with van der Waals surface area (Å²) in [5.74, 6) is 0. The number of rotatable bonds is 2. The molecule has 0 aromatic carbocycles. The third-order valence-electron chi connectivity index (χ3n) is 1.65. The van der Waals surface area contributed by atoms with E-state index in [4.69, 9.17) is 10.3 Å². The molecule has 0 radical (unpaired) electrons. The van der Waals surface area contributed by atoms with E-state index in [1.54, 1.807) is 26.3 Å². The third-order valence-corrected chi connectivity index (χ3v) is 1.65. The van der Waals surface area contributed by atoms with Crippen LogP contribution in [0.5, 0.6) is 0 Å². The number of hydrogen-bond acceptors (Lipinski definition) is 4. The van der Waals surface area contributed by atoms with Crippen molar-refractivity contribution in [2.75, 3.05) is 6.61 Å². The van der Waals surface area contributed by atoms with Gasteiger partial charge in [-0.05, 0) is 0 Å². The number of hydroxylamine groups is 1. The molecule has 1 unspecified atom stereocenters. The Morgan fingerprint density at radius 2 is 1.70 bits per heavy atom. The molecule has 4 N–H and O–H groups in total. The molecule has 0 aliphatic carbocycles. The van der Waals surface area contributed by atoms with Crippen molar-refractivity contribution in [3.05, 3.63) is 0 Å². The third kappa shape index (κ3) is 1.67. The predicted octanol–water partition coefficient (Wildman–Crippen LogP) is -0.308. The molecular formula is C6H15NO3. The Bertz CT molecular complexity index is 104. The standard InChI is InChI=1S/C6H15NO3/c1-5(2,3)6(9,4-8)7-10/h7-10H,4H2,1-3H3. The largest absolute Gasteiger partial charge is 0.392 e. The molecule has 0 amide bonds. The Kier molecular flexibility index (Phi) is 2.79. The van der Waals surface area contributed by atoms with E-state index in [9.17, 15) is 5.11 Å². The monoisotopic (exact) mass is 149 g/mol. The molecule has 0 aliphatic rings. The topological polar surface area (TPSA) is 72.7 Å². The molecule has 0 aromatic heterocycles. The van der Waals surface area contributed by atoms with Crippen molar-refractivity contribution in [2.45, 2.75) is 26.5 Å². The zero-order valence-electron chi connectivity index (χ0n) is 6.55. The Labute approximate surface area is 60.5 Å². The van der Waals surface area contributed by atoms with Crippen LogP contribution in [0.1, 0.15) is 20.8 Å². The second kappa shape index (κ2) is 2.84. The molecule has 4 heteroatoms. The molecule has 10 heavy (non-hydrogen) atoms. The van der Waals surface area contributed by atoms with Gasteiger partial charge in [0.1, 0.15) is 0 Å². The maximum absolute atomic E-state index is 9.35. The highest BCUT2D eigenvalue weighted by Crippen LogP contribution is 2.26. The summed E-state index contributed by atoms with van der Waals surface area (Å²) in [6, 6.07) is 0. The van der Waals surface area contributed by atoms with Crippen LogP contribution in [0.3, 0.4) is 0 Å². The summed E-state index contributed by atoms with van der Waals surface area (Å²) in [4.78, 5) is 0. The van der Waals surface area contributed by atoms with Gasteiger partial charge >= 0.3 is 0 Å². The lowest BCUT2D eigenvalue weighted by Crippen LogP contribution is -2.56. The fourth-order valence-electron chi connectivity index (χ4n) is 0.440. The Morgan fingerprint density at radius 3 is 1.70 bits per heavy atom. The van der Waals surface area contributed by atoms with E-state index < -0.39 is 17.7 Å². The summed E-state index contributed by atoms with van der Waals surface area (Å²) < 4.78 is 0. The quantitative estimate of drug-likeness (QED) is 0.321. The van der Waals surface area contributed by atoms with Gasteiger partial charge in [0.15, 0.2) is 5.72 Å². The lowest BCUT2D eigenvalue weighted by atomic mass is 9.84. The Morgan fingerprint density at radius 1 is 1.30 bits per heavy atom. The summed E-state index contributed by atoms with van der Waals surface area (Å²) >= 11 is 0. The zero-order chi connectivity index (χ0) is 8.41. The summed E-state index contributed by atoms with van der Waals surface area (Å²) in [5.41, 5.74) is -0.545. The van der Waals surface area contributed by atoms with Crippen LogP contribution in [0.15, 0.2) is 0 Å². The van der Waals surface area contributed by atoms with E-state index in [2.05, 4.69) is 0 Å². The Hall–Kier alpha value is -0.160. The summed E-state index contributed by atoms with van der Waals surface area (Å²) in [6.45, 7) is 4.58. The van der Waals surface area contributed by atoms with Gasteiger partial charge in [-0.3, -0.25) is 0 Å². The highest BCUT2D eigenvalue weighted by molar-refractivity contribution is 4.84. The van der Waals surface area contributed by atoms with Gasteiger partial charge in [-0.1, -0.05) is 20.8 Å². The van der Waals surface area contributed by atoms with Crippen molar-refractivity contribution in [1.29, 1.82) is 0 Å². The fraction of sp³-hybridized carbons (Fsp3) is 1.00. The van der Waals surface area contributed by atoms with Gasteiger partial charge in [0.25, 0.3) is 0 Å². The minimum Gasteiger partial charge on any atom is -0.392 e. The van der Waals surface area contributed by atoms with E-state index >= 15 is 0 Å². The lowest BCUT2D eigenvalue weighted by molar-refractivity contribution is -0.181. The maximum Gasteiger partial charge on any atom is 0.165 e. The number of aliphatic hydroxyl groups is 2. The molecule has 0 aliphatic heterocycles. The van der Waals surface area contributed by atoms with Crippen molar-refractivity contribution in [3.63, 3.8) is 0 Å². The van der Waals surface area contributed by atoms with Crippen LogP contribution in [-0.4, -0.2) is 27.8 Å². The average Bonchev–Trinajstić information content (AvgIpc) is 1.84. The summed E-state index contributed by atoms with van der Waals surface area (Å²) in [6.07, 6.45) is 0. The number of nitrogens with one attached hydrogen (secondary N) is 1. The van der Waals surface area contributed by atoms with Crippen molar-refractivity contribution >= 4 is 0 Å². The van der Waals surface area contributed by atoms with E-state index in [1.165, 1.54) is 0 Å². The lowest BCUT2D eigenvalue weighted by Gasteiger charge is -2.36. The first-order chi connectivity index (χ1) is 4.37. The van der Waals surface area contributed by atoms with Crippen molar-refractivity contribution < 1.29 is 15.4 Å². The number of aliphatic hydroxyl groups excluding tert-OH is 1. The van der Waals surface area contributed by atoms with E-state index in [-0.39, 0.29) is 0 Å². The SMILES string of the molecule is CC(C)(C)C(O)(CO)NO. The average molecular weight is 149 g/mol. The molecule has 0 fully saturated rings. The van der Waals surface area contributed by atoms with E-state index in [0.717, 1.165) is 0 Å². The smallest absolute Gasteiger partial charge is 0.165 e. The fourth-order valence-corrected chi connectivity index (χ4v) is 0.440. The van der Waals surface area contributed by atoms with Crippen LogP contribution in [0.2, 0.25) is 0 Å². The molecule has 1 atom stereocenters. The first kappa shape index (κ1) is 9.84. The van der Waals surface area contributed by atoms with Crippen LogP contribution in [0, 0.1) is 5.41 Å². The van der Waals surface area contributed by atoms with Gasteiger partial charge in [0.05, 0.1) is 6.61 Å². The van der Waals surface area contributed by atoms with Crippen molar-refractivity contribution in [2.24, 2.45) is 5.41 Å². The second-order valence-corrected chi connectivity index (χ2v) is 3.38. The van der Waals surface area contributed by atoms with Gasteiger partial charge in [-0.15, -0.1) is 0 Å². The minimum absolute atomic E-state index is 0.521. The van der Waals surface area contributed by atoms with Crippen LogP contribution in [0.25, 0.3) is 0 Å². The van der Waals surface area contributed by atoms with Gasteiger partial charge in [-0.25, -0.2) is 0 Å². The van der Waals surface area contributed by atoms with Gasteiger partial charge in [0.2, 0.25) is 0 Å². The second-order valence-electron chi connectivity index (χ2n) is 3.38. The van der Waals surface area contributed by atoms with Crippen LogP contribution >= 0.6 is 0 Å². The molecule has 62 valence electrons. The predicted molar refractivity (Wildman–Crippen MR) is 36.4 cm³/mol. The Balaban J connectivity index is 4.33. The minimum atomic E-state index is -1.62. The summed E-state index contributed by atoms with van der Waals surface area (Å²) in [5, 5.41) is 26.5. The molecule has 4 nitrogen and oxygen atoms in total. The van der Waals surface area contributed by atoms with E-state index in [0.29, 0.717) is 0 Å². The first-order valence-corrected chi connectivity index (χ1v) is 3.12.